The maximum Gasteiger partial charge on any atom is 0.257 e. The van der Waals surface area contributed by atoms with E-state index in [9.17, 15) is 14.4 Å². The molecule has 9 heteroatoms. The van der Waals surface area contributed by atoms with Crippen molar-refractivity contribution in [3.8, 4) is 5.88 Å². The Morgan fingerprint density at radius 2 is 2.10 bits per heavy atom. The molecule has 0 atom stereocenters. The van der Waals surface area contributed by atoms with Gasteiger partial charge in [0, 0.05) is 42.8 Å². The first-order chi connectivity index (χ1) is 13.9. The van der Waals surface area contributed by atoms with Crippen molar-refractivity contribution in [3.05, 3.63) is 39.9 Å². The quantitative estimate of drug-likeness (QED) is 0.765. The van der Waals surface area contributed by atoms with Crippen LogP contribution in [0.2, 0.25) is 0 Å². The Hall–Kier alpha value is -2.94. The van der Waals surface area contributed by atoms with Gasteiger partial charge in [0.15, 0.2) is 0 Å². The van der Waals surface area contributed by atoms with Crippen LogP contribution in [0.3, 0.4) is 0 Å². The van der Waals surface area contributed by atoms with Crippen molar-refractivity contribution in [3.63, 3.8) is 0 Å². The van der Waals surface area contributed by atoms with E-state index in [4.69, 9.17) is 4.74 Å². The summed E-state index contributed by atoms with van der Waals surface area (Å²) < 4.78 is 5.11. The Bertz CT molecular complexity index is 1000. The zero-order chi connectivity index (χ0) is 20.7. The first-order valence-electron chi connectivity index (χ1n) is 9.44. The molecule has 0 bridgehead atoms. The number of carbonyl (C=O) groups excluding carboxylic acids is 3. The van der Waals surface area contributed by atoms with E-state index in [0.29, 0.717) is 48.1 Å². The number of ether oxygens (including phenoxy) is 1. The summed E-state index contributed by atoms with van der Waals surface area (Å²) in [4.78, 5) is 48.4. The van der Waals surface area contributed by atoms with Gasteiger partial charge in [-0.05, 0) is 25.0 Å². The largest absolute Gasteiger partial charge is 0.481 e. The van der Waals surface area contributed by atoms with Gasteiger partial charge in [0.1, 0.15) is 11.5 Å². The topological polar surface area (TPSA) is 83.1 Å². The fourth-order valence-electron chi connectivity index (χ4n) is 3.79. The fourth-order valence-corrected chi connectivity index (χ4v) is 5.23. The van der Waals surface area contributed by atoms with Crippen molar-refractivity contribution < 1.29 is 19.1 Å². The minimum atomic E-state index is -0.125. The van der Waals surface area contributed by atoms with Crippen molar-refractivity contribution in [1.82, 2.24) is 14.8 Å². The second-order valence-corrected chi connectivity index (χ2v) is 8.13. The van der Waals surface area contributed by atoms with Crippen LogP contribution in [0.15, 0.2) is 18.3 Å². The van der Waals surface area contributed by atoms with Gasteiger partial charge >= 0.3 is 0 Å². The van der Waals surface area contributed by atoms with Crippen molar-refractivity contribution in [2.45, 2.75) is 19.9 Å². The molecule has 152 valence electrons. The Morgan fingerprint density at radius 3 is 2.83 bits per heavy atom. The van der Waals surface area contributed by atoms with Gasteiger partial charge in [-0.3, -0.25) is 14.4 Å². The lowest BCUT2D eigenvalue weighted by Crippen LogP contribution is -2.38. The molecule has 0 N–H and O–H groups in total. The van der Waals surface area contributed by atoms with Crippen molar-refractivity contribution in [2.75, 3.05) is 38.7 Å². The van der Waals surface area contributed by atoms with Crippen LogP contribution in [0.25, 0.3) is 0 Å². The van der Waals surface area contributed by atoms with E-state index in [1.165, 1.54) is 23.3 Å². The summed E-state index contributed by atoms with van der Waals surface area (Å²) in [6.07, 6.45) is 2.13. The number of likely N-dealkylation sites (N-methyl/N-ethyl adjacent to an activating group) is 2. The second kappa shape index (κ2) is 7.47. The number of carbonyl (C=O) groups is 3. The normalized spacial score (nSPS) is 16.4. The molecule has 0 fully saturated rings. The monoisotopic (exact) mass is 414 g/mol. The first-order valence-corrected chi connectivity index (χ1v) is 10.3. The number of nitrogens with zero attached hydrogens (tertiary/aromatic N) is 4. The highest BCUT2D eigenvalue weighted by Gasteiger charge is 2.37. The van der Waals surface area contributed by atoms with Gasteiger partial charge in [0.2, 0.25) is 11.8 Å². The molecular weight excluding hydrogens is 392 g/mol. The lowest BCUT2D eigenvalue weighted by Gasteiger charge is -2.27. The molecule has 0 saturated heterocycles. The Labute approximate surface area is 172 Å². The molecule has 0 aromatic carbocycles. The highest BCUT2D eigenvalue weighted by molar-refractivity contribution is 7.17. The molecule has 0 unspecified atom stereocenters. The molecule has 8 nitrogen and oxygen atoms in total. The predicted octanol–water partition coefficient (Wildman–Crippen LogP) is 1.79. The highest BCUT2D eigenvalue weighted by Crippen LogP contribution is 2.41. The Morgan fingerprint density at radius 1 is 1.31 bits per heavy atom. The van der Waals surface area contributed by atoms with Crippen molar-refractivity contribution >= 4 is 34.1 Å². The number of rotatable bonds is 3. The maximum atomic E-state index is 13.0. The van der Waals surface area contributed by atoms with E-state index < -0.39 is 0 Å². The molecule has 3 amide bonds. The number of methoxy groups -OCH3 is 1. The number of fused-ring (bicyclic) bond motifs is 3. The minimum Gasteiger partial charge on any atom is -0.481 e. The zero-order valence-corrected chi connectivity index (χ0v) is 17.4. The number of hydrogen-bond acceptors (Lipinski definition) is 6. The molecule has 0 spiro atoms. The van der Waals surface area contributed by atoms with Gasteiger partial charge in [0.05, 0.1) is 19.2 Å². The number of thiophene rings is 1. The summed E-state index contributed by atoms with van der Waals surface area (Å²) in [6, 6.07) is 3.29. The average molecular weight is 414 g/mol. The van der Waals surface area contributed by atoms with Crippen LogP contribution >= 0.6 is 11.3 Å². The lowest BCUT2D eigenvalue weighted by molar-refractivity contribution is -0.118. The summed E-state index contributed by atoms with van der Waals surface area (Å²) >= 11 is 1.44. The summed E-state index contributed by atoms with van der Waals surface area (Å²) in [5.74, 6) is 0.0758. The van der Waals surface area contributed by atoms with E-state index in [1.54, 1.807) is 35.2 Å². The molecule has 4 rings (SSSR count). The van der Waals surface area contributed by atoms with Crippen LogP contribution in [0, 0.1) is 0 Å². The molecule has 2 aromatic heterocycles. The van der Waals surface area contributed by atoms with Crippen LogP contribution in [0.5, 0.6) is 5.88 Å². The van der Waals surface area contributed by atoms with Gasteiger partial charge in [-0.2, -0.15) is 0 Å². The number of amides is 3. The van der Waals surface area contributed by atoms with Crippen LogP contribution in [-0.2, 0) is 17.8 Å². The van der Waals surface area contributed by atoms with E-state index in [1.807, 2.05) is 6.92 Å². The zero-order valence-electron chi connectivity index (χ0n) is 16.6. The molecule has 2 aromatic rings. The molecule has 2 aliphatic heterocycles. The molecule has 4 heterocycles. The van der Waals surface area contributed by atoms with E-state index >= 15 is 0 Å². The van der Waals surface area contributed by atoms with Crippen molar-refractivity contribution in [1.29, 1.82) is 0 Å². The molecule has 0 aliphatic carbocycles. The van der Waals surface area contributed by atoms with Crippen LogP contribution < -0.4 is 9.64 Å². The van der Waals surface area contributed by atoms with Gasteiger partial charge in [-0.15, -0.1) is 11.3 Å². The van der Waals surface area contributed by atoms with E-state index in [0.717, 1.165) is 10.4 Å². The standard InChI is InChI=1S/C20H22N4O4S/c1-4-24-16(25)11-22(2)19(27)17-13-6-8-23(10-14(13)29-20(17)24)18(26)12-5-7-21-15(9-12)28-3/h5,7,9H,4,6,8,10-11H2,1-3H3. The molecule has 0 radical (unpaired) electrons. The predicted molar refractivity (Wildman–Crippen MR) is 109 cm³/mol. The van der Waals surface area contributed by atoms with Gasteiger partial charge in [0.25, 0.3) is 11.8 Å². The summed E-state index contributed by atoms with van der Waals surface area (Å²) in [5, 5.41) is 0.705. The van der Waals surface area contributed by atoms with Crippen LogP contribution in [0.1, 0.15) is 38.1 Å². The van der Waals surface area contributed by atoms with Crippen LogP contribution in [-0.4, -0.2) is 66.3 Å². The molecule has 0 saturated carbocycles. The fraction of sp³-hybridized carbons (Fsp3) is 0.400. The first kappa shape index (κ1) is 19.4. The molecule has 2 aliphatic rings. The number of aromatic nitrogens is 1. The van der Waals surface area contributed by atoms with Crippen molar-refractivity contribution in [2.24, 2.45) is 0 Å². The highest BCUT2D eigenvalue weighted by atomic mass is 32.1. The number of anilines is 1. The van der Waals surface area contributed by atoms with E-state index in [2.05, 4.69) is 4.98 Å². The third-order valence-electron chi connectivity index (χ3n) is 5.31. The number of pyridine rings is 1. The summed E-state index contributed by atoms with van der Waals surface area (Å²) in [7, 11) is 3.17. The van der Waals surface area contributed by atoms with E-state index in [-0.39, 0.29) is 24.3 Å². The van der Waals surface area contributed by atoms with Gasteiger partial charge in [-0.25, -0.2) is 4.98 Å². The molecular formula is C20H22N4O4S. The SMILES string of the molecule is CCN1C(=O)CN(C)C(=O)c2c1sc1c2CCN(C(=O)c2ccnc(OC)c2)C1. The second-order valence-electron chi connectivity index (χ2n) is 7.05. The number of hydrogen-bond donors (Lipinski definition) is 0. The lowest BCUT2D eigenvalue weighted by atomic mass is 10.0. The Balaban J connectivity index is 1.67. The minimum absolute atomic E-state index is 0.0807. The third kappa shape index (κ3) is 3.25. The van der Waals surface area contributed by atoms with Crippen LogP contribution in [0.4, 0.5) is 5.00 Å². The maximum absolute atomic E-state index is 13.0. The summed E-state index contributed by atoms with van der Waals surface area (Å²) in [6.45, 7) is 3.42. The summed E-state index contributed by atoms with van der Waals surface area (Å²) in [5.41, 5.74) is 2.10. The van der Waals surface area contributed by atoms with Gasteiger partial charge < -0.3 is 19.4 Å². The smallest absolute Gasteiger partial charge is 0.257 e. The third-order valence-corrected chi connectivity index (χ3v) is 6.55. The average Bonchev–Trinajstić information content (AvgIpc) is 3.07. The molecule has 29 heavy (non-hydrogen) atoms. The Kier molecular flexibility index (Phi) is 4.99. The van der Waals surface area contributed by atoms with Gasteiger partial charge in [-0.1, -0.05) is 0 Å².